The number of rotatable bonds is 8. The number of aromatic amines is 1. The average Bonchev–Trinajstić information content (AvgIpc) is 2.80. The van der Waals surface area contributed by atoms with Crippen molar-refractivity contribution in [2.75, 3.05) is 44.3 Å². The number of nitrogens with one attached hydrogen (secondary N) is 1. The number of piperazine rings is 1. The maximum absolute atomic E-state index is 13.1. The number of amides is 1. The molecule has 16 heteroatoms. The van der Waals surface area contributed by atoms with Crippen molar-refractivity contribution in [3.8, 4) is 0 Å². The topological polar surface area (TPSA) is 104 Å². The van der Waals surface area contributed by atoms with Gasteiger partial charge in [-0.25, -0.2) is 15.1 Å². The molecule has 1 saturated heterocycles. The number of carbonyl (C=O) groups is 1. The molecule has 0 aliphatic carbocycles. The van der Waals surface area contributed by atoms with Crippen molar-refractivity contribution in [2.24, 2.45) is 0 Å². The Kier molecular flexibility index (Phi) is 8.81. The lowest BCUT2D eigenvalue weighted by Gasteiger charge is -2.34. The Labute approximate surface area is 205 Å². The molecular weight excluding hydrogens is 518 g/mol. The van der Waals surface area contributed by atoms with Crippen LogP contribution in [0.15, 0.2) is 28.3 Å². The zero-order valence-electron chi connectivity index (χ0n) is 18.9. The molecule has 1 atom stereocenters. The number of anilines is 1. The van der Waals surface area contributed by atoms with Crippen LogP contribution in [0.3, 0.4) is 0 Å². The van der Waals surface area contributed by atoms with Crippen LogP contribution in [0, 0.1) is 0 Å². The number of aromatic nitrogens is 4. The third kappa shape index (κ3) is 7.32. The van der Waals surface area contributed by atoms with Gasteiger partial charge in [0.25, 0.3) is 5.56 Å². The third-order valence-corrected chi connectivity index (χ3v) is 6.23. The van der Waals surface area contributed by atoms with Gasteiger partial charge in [-0.05, 0) is 0 Å². The van der Waals surface area contributed by atoms with E-state index in [0.29, 0.717) is 38.6 Å². The number of carbonyl (C=O) groups excluding carboxylic acids is 1. The minimum atomic E-state index is -4.82. The second-order valence-electron chi connectivity index (χ2n) is 7.83. The molecule has 0 radical (unpaired) electrons. The van der Waals surface area contributed by atoms with Crippen LogP contribution < -0.4 is 10.5 Å². The first-order valence-electron chi connectivity index (χ1n) is 10.7. The fourth-order valence-corrected chi connectivity index (χ4v) is 4.38. The molecule has 3 rings (SSSR count). The first-order chi connectivity index (χ1) is 16.9. The van der Waals surface area contributed by atoms with Gasteiger partial charge >= 0.3 is 12.4 Å². The minimum absolute atomic E-state index is 0.0427. The van der Waals surface area contributed by atoms with E-state index in [9.17, 15) is 35.9 Å². The smallest absolute Gasteiger partial charge is 0.380 e. The molecule has 36 heavy (non-hydrogen) atoms. The number of nitrogens with zero attached hydrogens (tertiary/aromatic N) is 5. The highest BCUT2D eigenvalue weighted by Gasteiger charge is 2.37. The number of H-pyrrole nitrogens is 1. The highest BCUT2D eigenvalue weighted by molar-refractivity contribution is 8.00. The van der Waals surface area contributed by atoms with Crippen molar-refractivity contribution in [3.63, 3.8) is 0 Å². The van der Waals surface area contributed by atoms with Gasteiger partial charge in [0.15, 0.2) is 0 Å². The van der Waals surface area contributed by atoms with Gasteiger partial charge in [-0.3, -0.25) is 9.59 Å². The van der Waals surface area contributed by atoms with E-state index in [1.165, 1.54) is 0 Å². The summed E-state index contributed by atoms with van der Waals surface area (Å²) in [6, 6.07) is 0. The number of hydrogen-bond donors (Lipinski definition) is 1. The number of ether oxygens (including phenoxy) is 1. The lowest BCUT2D eigenvalue weighted by molar-refractivity contribution is -0.141. The van der Waals surface area contributed by atoms with Crippen molar-refractivity contribution >= 4 is 23.6 Å². The van der Waals surface area contributed by atoms with E-state index in [1.54, 1.807) is 21.8 Å². The van der Waals surface area contributed by atoms with Gasteiger partial charge in [0.05, 0.1) is 31.4 Å². The van der Waals surface area contributed by atoms with E-state index in [1.807, 2.05) is 0 Å². The summed E-state index contributed by atoms with van der Waals surface area (Å²) >= 11 is 0.796. The van der Waals surface area contributed by atoms with Crippen molar-refractivity contribution in [1.82, 2.24) is 25.1 Å². The van der Waals surface area contributed by atoms with E-state index < -0.39 is 34.3 Å². The summed E-state index contributed by atoms with van der Waals surface area (Å²) in [5.74, 6) is -0.0457. The van der Waals surface area contributed by atoms with Crippen LogP contribution >= 0.6 is 11.8 Å². The fraction of sp³-hybridized carbons (Fsp3) is 0.550. The van der Waals surface area contributed by atoms with Gasteiger partial charge in [-0.15, -0.1) is 11.8 Å². The maximum atomic E-state index is 13.1. The lowest BCUT2D eigenvalue weighted by atomic mass is 10.3. The summed E-state index contributed by atoms with van der Waals surface area (Å²) < 4.78 is 82.7. The summed E-state index contributed by atoms with van der Waals surface area (Å²) in [5, 5.41) is 4.74. The highest BCUT2D eigenvalue weighted by Crippen LogP contribution is 2.35. The minimum Gasteiger partial charge on any atom is -0.380 e. The molecule has 2 aromatic rings. The standard InChI is InChI=1S/C20H22F6N6O3S/c1-12(36-14-10-29-30-17(34)16(14)20(24,25)26)11-35-7-2-15(33)31-3-5-32(6-4-31)18-27-8-13(9-28-18)19(21,22)23/h8-10,12H,2-7,11H2,1H3,(H,30,34)/t12-/m0/s1. The first kappa shape index (κ1) is 27.7. The molecule has 1 fully saturated rings. The molecule has 9 nitrogen and oxygen atoms in total. The molecule has 1 N–H and O–H groups in total. The molecule has 198 valence electrons. The molecule has 0 unspecified atom stereocenters. The third-order valence-electron chi connectivity index (χ3n) is 5.13. The zero-order chi connectivity index (χ0) is 26.5. The number of halogens is 6. The second kappa shape index (κ2) is 11.5. The van der Waals surface area contributed by atoms with Crippen LogP contribution in [-0.2, 0) is 21.9 Å². The fourth-order valence-electron chi connectivity index (χ4n) is 3.34. The van der Waals surface area contributed by atoms with Gasteiger partial charge in [0.1, 0.15) is 5.56 Å². The summed E-state index contributed by atoms with van der Waals surface area (Å²) in [7, 11) is 0. The largest absolute Gasteiger partial charge is 0.422 e. The van der Waals surface area contributed by atoms with Crippen LogP contribution in [0.5, 0.6) is 0 Å². The van der Waals surface area contributed by atoms with Gasteiger partial charge in [-0.2, -0.15) is 31.4 Å². The molecule has 0 aromatic carbocycles. The normalized spacial score (nSPS) is 15.8. The van der Waals surface area contributed by atoms with Gasteiger partial charge < -0.3 is 14.5 Å². The van der Waals surface area contributed by atoms with E-state index >= 15 is 0 Å². The Bertz CT molecular complexity index is 1090. The summed E-state index contributed by atoms with van der Waals surface area (Å²) in [6.45, 7) is 3.05. The number of alkyl halides is 6. The van der Waals surface area contributed by atoms with E-state index in [0.717, 1.165) is 18.0 Å². The van der Waals surface area contributed by atoms with Crippen molar-refractivity contribution in [2.45, 2.75) is 35.8 Å². The molecule has 1 amide bonds. The van der Waals surface area contributed by atoms with Crippen molar-refractivity contribution in [1.29, 1.82) is 0 Å². The Hall–Kier alpha value is -2.88. The Balaban J connectivity index is 1.40. The monoisotopic (exact) mass is 540 g/mol. The molecule has 2 aromatic heterocycles. The number of hydrogen-bond acceptors (Lipinski definition) is 8. The molecule has 3 heterocycles. The molecule has 0 saturated carbocycles. The first-order valence-corrected chi connectivity index (χ1v) is 11.6. The van der Waals surface area contributed by atoms with Gasteiger partial charge in [0, 0.05) is 48.7 Å². The Morgan fingerprint density at radius 2 is 1.72 bits per heavy atom. The van der Waals surface area contributed by atoms with Crippen LogP contribution in [0.1, 0.15) is 24.5 Å². The van der Waals surface area contributed by atoms with Crippen LogP contribution in [0.4, 0.5) is 32.3 Å². The van der Waals surface area contributed by atoms with Crippen LogP contribution in [0.25, 0.3) is 0 Å². The Morgan fingerprint density at radius 3 is 2.31 bits per heavy atom. The molecule has 0 spiro atoms. The average molecular weight is 540 g/mol. The molecule has 1 aliphatic heterocycles. The second-order valence-corrected chi connectivity index (χ2v) is 9.31. The predicted octanol–water partition coefficient (Wildman–Crippen LogP) is 2.83. The molecule has 0 bridgehead atoms. The summed E-state index contributed by atoms with van der Waals surface area (Å²) in [6.07, 6.45) is -6.93. The number of thioether (sulfide) groups is 1. The SMILES string of the molecule is C[C@@H](COCCC(=O)N1CCN(c2ncc(C(F)(F)F)cn2)CC1)Sc1cn[nH]c(=O)c1C(F)(F)F. The van der Waals surface area contributed by atoms with E-state index in [4.69, 9.17) is 4.74 Å². The quantitative estimate of drug-likeness (QED) is 0.310. The van der Waals surface area contributed by atoms with E-state index in [2.05, 4.69) is 15.1 Å². The molecule has 1 aliphatic rings. The van der Waals surface area contributed by atoms with Crippen LogP contribution in [-0.4, -0.2) is 75.6 Å². The maximum Gasteiger partial charge on any atom is 0.422 e. The predicted molar refractivity (Wildman–Crippen MR) is 116 cm³/mol. The van der Waals surface area contributed by atoms with Crippen molar-refractivity contribution in [3.05, 3.63) is 40.1 Å². The van der Waals surface area contributed by atoms with Gasteiger partial charge in [0.2, 0.25) is 11.9 Å². The zero-order valence-corrected chi connectivity index (χ0v) is 19.7. The lowest BCUT2D eigenvalue weighted by Crippen LogP contribution is -2.49. The van der Waals surface area contributed by atoms with E-state index in [-0.39, 0.29) is 36.4 Å². The van der Waals surface area contributed by atoms with Crippen molar-refractivity contribution < 1.29 is 35.9 Å². The Morgan fingerprint density at radius 1 is 1.08 bits per heavy atom. The van der Waals surface area contributed by atoms with Gasteiger partial charge in [-0.1, -0.05) is 6.92 Å². The highest BCUT2D eigenvalue weighted by atomic mass is 32.2. The van der Waals surface area contributed by atoms with Crippen LogP contribution in [0.2, 0.25) is 0 Å². The summed E-state index contributed by atoms with van der Waals surface area (Å²) in [5.41, 5.74) is -3.58. The summed E-state index contributed by atoms with van der Waals surface area (Å²) in [4.78, 5) is 34.4. The molecular formula is C20H22F6N6O3S.